The Morgan fingerprint density at radius 3 is 2.30 bits per heavy atom. The quantitative estimate of drug-likeness (QED) is 0.709. The molecule has 2 aromatic carbocycles. The number of para-hydroxylation sites is 2. The van der Waals surface area contributed by atoms with Crippen LogP contribution in [0.5, 0.6) is 11.5 Å². The maximum absolute atomic E-state index is 12.9. The standard InChI is InChI=1S/C19H24N2O5S/c1-4-13-21(27(23,24)16-11-9-15(25-2)10-12-16)14-19(22)20-17-7-5-6-8-18(17)26-3/h5-12H,4,13-14H2,1-3H3,(H,20,22). The molecule has 1 amide bonds. The fourth-order valence-electron chi connectivity index (χ4n) is 2.53. The van der Waals surface area contributed by atoms with Crippen LogP contribution in [0.4, 0.5) is 5.69 Å². The van der Waals surface area contributed by atoms with Gasteiger partial charge in [0.2, 0.25) is 15.9 Å². The van der Waals surface area contributed by atoms with Crippen molar-refractivity contribution in [3.05, 3.63) is 48.5 Å². The van der Waals surface area contributed by atoms with Crippen molar-refractivity contribution in [2.45, 2.75) is 18.2 Å². The lowest BCUT2D eigenvalue weighted by Gasteiger charge is -2.21. The van der Waals surface area contributed by atoms with Crippen molar-refractivity contribution in [3.8, 4) is 11.5 Å². The number of sulfonamides is 1. The topological polar surface area (TPSA) is 84.9 Å². The lowest BCUT2D eigenvalue weighted by atomic mass is 10.3. The van der Waals surface area contributed by atoms with Crippen LogP contribution >= 0.6 is 0 Å². The summed E-state index contributed by atoms with van der Waals surface area (Å²) in [6.45, 7) is 1.79. The Labute approximate surface area is 160 Å². The molecule has 0 fully saturated rings. The molecule has 8 heteroatoms. The van der Waals surface area contributed by atoms with E-state index in [-0.39, 0.29) is 18.0 Å². The Morgan fingerprint density at radius 1 is 1.04 bits per heavy atom. The van der Waals surface area contributed by atoms with Crippen molar-refractivity contribution in [2.75, 3.05) is 32.6 Å². The lowest BCUT2D eigenvalue weighted by molar-refractivity contribution is -0.116. The first-order valence-corrected chi connectivity index (χ1v) is 9.93. The zero-order chi connectivity index (χ0) is 19.9. The van der Waals surface area contributed by atoms with Gasteiger partial charge < -0.3 is 14.8 Å². The number of methoxy groups -OCH3 is 2. The molecule has 0 bridgehead atoms. The highest BCUT2D eigenvalue weighted by Crippen LogP contribution is 2.24. The first-order chi connectivity index (χ1) is 12.9. The fraction of sp³-hybridized carbons (Fsp3) is 0.316. The molecular weight excluding hydrogens is 368 g/mol. The second-order valence-corrected chi connectivity index (χ2v) is 7.70. The highest BCUT2D eigenvalue weighted by atomic mass is 32.2. The first-order valence-electron chi connectivity index (χ1n) is 8.49. The van der Waals surface area contributed by atoms with Gasteiger partial charge in [-0.15, -0.1) is 0 Å². The van der Waals surface area contributed by atoms with Crippen molar-refractivity contribution in [1.82, 2.24) is 4.31 Å². The molecule has 0 atom stereocenters. The molecule has 0 unspecified atom stereocenters. The molecule has 146 valence electrons. The first kappa shape index (κ1) is 20.7. The highest BCUT2D eigenvalue weighted by Gasteiger charge is 2.26. The van der Waals surface area contributed by atoms with Crippen LogP contribution in [0.25, 0.3) is 0 Å². The molecule has 27 heavy (non-hydrogen) atoms. The Balaban J connectivity index is 2.19. The molecule has 0 aromatic heterocycles. The number of anilines is 1. The molecule has 0 aliphatic carbocycles. The SMILES string of the molecule is CCCN(CC(=O)Nc1ccccc1OC)S(=O)(=O)c1ccc(OC)cc1. The van der Waals surface area contributed by atoms with Crippen molar-refractivity contribution in [2.24, 2.45) is 0 Å². The molecule has 2 aromatic rings. The molecule has 0 spiro atoms. The van der Waals surface area contributed by atoms with E-state index in [9.17, 15) is 13.2 Å². The van der Waals surface area contributed by atoms with Crippen molar-refractivity contribution >= 4 is 21.6 Å². The minimum atomic E-state index is -3.81. The predicted octanol–water partition coefficient (Wildman–Crippen LogP) is 2.74. The average Bonchev–Trinajstić information content (AvgIpc) is 2.68. The number of amides is 1. The van der Waals surface area contributed by atoms with Gasteiger partial charge in [-0.2, -0.15) is 4.31 Å². The van der Waals surface area contributed by atoms with E-state index >= 15 is 0 Å². The molecule has 0 saturated carbocycles. The third-order valence-electron chi connectivity index (χ3n) is 3.87. The Bertz CT molecular complexity index is 866. The molecule has 0 radical (unpaired) electrons. The molecule has 1 N–H and O–H groups in total. The second kappa shape index (κ2) is 9.38. The van der Waals surface area contributed by atoms with Gasteiger partial charge >= 0.3 is 0 Å². The van der Waals surface area contributed by atoms with Gasteiger partial charge in [-0.25, -0.2) is 8.42 Å². The minimum absolute atomic E-state index is 0.113. The maximum Gasteiger partial charge on any atom is 0.243 e. The number of ether oxygens (including phenoxy) is 2. The van der Waals surface area contributed by atoms with E-state index in [2.05, 4.69) is 5.32 Å². The van der Waals surface area contributed by atoms with Crippen molar-refractivity contribution < 1.29 is 22.7 Å². The summed E-state index contributed by atoms with van der Waals surface area (Å²) in [5.41, 5.74) is 0.489. The lowest BCUT2D eigenvalue weighted by Crippen LogP contribution is -2.38. The number of benzene rings is 2. The Hall–Kier alpha value is -2.58. The molecule has 7 nitrogen and oxygen atoms in total. The second-order valence-electron chi connectivity index (χ2n) is 5.76. The van der Waals surface area contributed by atoms with Gasteiger partial charge in [0.05, 0.1) is 31.3 Å². The number of hydrogen-bond donors (Lipinski definition) is 1. The van der Waals surface area contributed by atoms with Crippen molar-refractivity contribution in [3.63, 3.8) is 0 Å². The maximum atomic E-state index is 12.9. The monoisotopic (exact) mass is 392 g/mol. The summed E-state index contributed by atoms with van der Waals surface area (Å²) >= 11 is 0. The summed E-state index contributed by atoms with van der Waals surface area (Å²) < 4.78 is 37.2. The van der Waals surface area contributed by atoms with Gasteiger partial charge in [0, 0.05) is 6.54 Å². The third kappa shape index (κ3) is 5.21. The van der Waals surface area contributed by atoms with Gasteiger partial charge in [0.1, 0.15) is 11.5 Å². The van der Waals surface area contributed by atoms with Crippen LogP contribution < -0.4 is 14.8 Å². The zero-order valence-electron chi connectivity index (χ0n) is 15.6. The van der Waals surface area contributed by atoms with Crippen LogP contribution in [-0.2, 0) is 14.8 Å². The smallest absolute Gasteiger partial charge is 0.243 e. The van der Waals surface area contributed by atoms with E-state index in [0.29, 0.717) is 23.6 Å². The summed E-state index contributed by atoms with van der Waals surface area (Å²) in [7, 11) is -0.794. The molecule has 0 aliphatic rings. The van der Waals surface area contributed by atoms with Gasteiger partial charge in [0.25, 0.3) is 0 Å². The van der Waals surface area contributed by atoms with Gasteiger partial charge in [-0.05, 0) is 42.8 Å². The number of nitrogens with one attached hydrogen (secondary N) is 1. The predicted molar refractivity (Wildman–Crippen MR) is 104 cm³/mol. The van der Waals surface area contributed by atoms with E-state index in [0.717, 1.165) is 0 Å². The van der Waals surface area contributed by atoms with Gasteiger partial charge in [0.15, 0.2) is 0 Å². The Morgan fingerprint density at radius 2 is 1.70 bits per heavy atom. The summed E-state index contributed by atoms with van der Waals surface area (Å²) in [5.74, 6) is 0.626. The summed E-state index contributed by atoms with van der Waals surface area (Å²) in [6, 6.07) is 13.0. The van der Waals surface area contributed by atoms with Crippen LogP contribution in [0.3, 0.4) is 0 Å². The van der Waals surface area contributed by atoms with Crippen LogP contribution in [-0.4, -0.2) is 45.9 Å². The van der Waals surface area contributed by atoms with Crippen LogP contribution in [0.1, 0.15) is 13.3 Å². The number of nitrogens with zero attached hydrogens (tertiary/aromatic N) is 1. The van der Waals surface area contributed by atoms with Crippen LogP contribution in [0.15, 0.2) is 53.4 Å². The van der Waals surface area contributed by atoms with Crippen molar-refractivity contribution in [1.29, 1.82) is 0 Å². The molecular formula is C19H24N2O5S. The summed E-state index contributed by atoms with van der Waals surface area (Å²) in [5, 5.41) is 2.70. The molecule has 0 aliphatic heterocycles. The highest BCUT2D eigenvalue weighted by molar-refractivity contribution is 7.89. The third-order valence-corrected chi connectivity index (χ3v) is 5.73. The molecule has 0 saturated heterocycles. The van der Waals surface area contributed by atoms with Gasteiger partial charge in [-0.3, -0.25) is 4.79 Å². The van der Waals surface area contributed by atoms with E-state index in [1.54, 1.807) is 36.4 Å². The van der Waals surface area contributed by atoms with Crippen LogP contribution in [0, 0.1) is 0 Å². The van der Waals surface area contributed by atoms with Crippen LogP contribution in [0.2, 0.25) is 0 Å². The van der Waals surface area contributed by atoms with E-state index < -0.39 is 15.9 Å². The summed E-state index contributed by atoms with van der Waals surface area (Å²) in [6.07, 6.45) is 0.581. The van der Waals surface area contributed by atoms with E-state index in [1.165, 1.54) is 30.7 Å². The summed E-state index contributed by atoms with van der Waals surface area (Å²) in [4.78, 5) is 12.6. The normalized spacial score (nSPS) is 11.3. The number of rotatable bonds is 9. The largest absolute Gasteiger partial charge is 0.497 e. The van der Waals surface area contributed by atoms with Gasteiger partial charge in [-0.1, -0.05) is 19.1 Å². The number of hydrogen-bond acceptors (Lipinski definition) is 5. The molecule has 2 rings (SSSR count). The fourth-order valence-corrected chi connectivity index (χ4v) is 4.02. The average molecular weight is 392 g/mol. The zero-order valence-corrected chi connectivity index (χ0v) is 16.5. The number of carbonyl (C=O) groups is 1. The Kier molecular flexibility index (Phi) is 7.20. The number of carbonyl (C=O) groups excluding carboxylic acids is 1. The molecule has 0 heterocycles. The van der Waals surface area contributed by atoms with E-state index in [4.69, 9.17) is 9.47 Å². The van der Waals surface area contributed by atoms with E-state index in [1.807, 2.05) is 6.92 Å². The minimum Gasteiger partial charge on any atom is -0.497 e.